The Morgan fingerprint density at radius 1 is 0.333 bits per heavy atom. The second-order valence-corrected chi connectivity index (χ2v) is 17.1. The SMILES string of the molecule is CCCCCCCCC=CCCCCCCCC(=O)OC[C@@H](COC(=O)CCCCCCCCCCCCCCC)OC(=O)CCCCCCCCCCCCC. The van der Waals surface area contributed by atoms with Crippen LogP contribution in [0.2, 0.25) is 0 Å². The van der Waals surface area contributed by atoms with E-state index in [9.17, 15) is 14.4 Å². The van der Waals surface area contributed by atoms with Gasteiger partial charge in [-0.15, -0.1) is 0 Å². The lowest BCUT2D eigenvalue weighted by atomic mass is 10.0. The molecule has 0 saturated carbocycles. The predicted molar refractivity (Wildman–Crippen MR) is 243 cm³/mol. The smallest absolute Gasteiger partial charge is 0.306 e. The van der Waals surface area contributed by atoms with Crippen LogP contribution in [0.5, 0.6) is 0 Å². The second kappa shape index (κ2) is 46.8. The molecular weight excluding hydrogens is 709 g/mol. The molecule has 0 heterocycles. The fourth-order valence-electron chi connectivity index (χ4n) is 7.44. The Labute approximate surface area is 354 Å². The van der Waals surface area contributed by atoms with Crippen LogP contribution in [0.4, 0.5) is 0 Å². The second-order valence-electron chi connectivity index (χ2n) is 17.1. The molecule has 0 unspecified atom stereocenters. The number of carbonyl (C=O) groups is 3. The first kappa shape index (κ1) is 55.2. The van der Waals surface area contributed by atoms with E-state index in [2.05, 4.69) is 32.9 Å². The number of unbranched alkanes of at least 4 members (excludes halogenated alkanes) is 33. The van der Waals surface area contributed by atoms with Crippen LogP contribution >= 0.6 is 0 Å². The van der Waals surface area contributed by atoms with E-state index >= 15 is 0 Å². The molecule has 0 amide bonds. The van der Waals surface area contributed by atoms with Crippen molar-refractivity contribution >= 4 is 17.9 Å². The maximum absolute atomic E-state index is 12.7. The predicted octanol–water partition coefficient (Wildman–Crippen LogP) is 16.2. The van der Waals surface area contributed by atoms with Crippen molar-refractivity contribution in [2.45, 2.75) is 284 Å². The molecule has 0 saturated heterocycles. The topological polar surface area (TPSA) is 78.9 Å². The van der Waals surface area contributed by atoms with Crippen LogP contribution in [0.25, 0.3) is 0 Å². The Morgan fingerprint density at radius 2 is 0.579 bits per heavy atom. The van der Waals surface area contributed by atoms with Gasteiger partial charge in [-0.1, -0.05) is 226 Å². The van der Waals surface area contributed by atoms with E-state index < -0.39 is 6.10 Å². The third kappa shape index (κ3) is 45.1. The Kier molecular flexibility index (Phi) is 45.3. The van der Waals surface area contributed by atoms with E-state index in [1.165, 1.54) is 173 Å². The molecule has 0 aliphatic heterocycles. The molecule has 6 heteroatoms. The number of esters is 3. The van der Waals surface area contributed by atoms with E-state index in [0.717, 1.165) is 64.2 Å². The van der Waals surface area contributed by atoms with Crippen LogP contribution in [0, 0.1) is 0 Å². The van der Waals surface area contributed by atoms with Crippen LogP contribution in [-0.2, 0) is 28.6 Å². The summed E-state index contributed by atoms with van der Waals surface area (Å²) >= 11 is 0. The van der Waals surface area contributed by atoms with Crippen molar-refractivity contribution in [3.05, 3.63) is 12.2 Å². The van der Waals surface area contributed by atoms with Gasteiger partial charge in [0.25, 0.3) is 0 Å². The van der Waals surface area contributed by atoms with E-state index in [1.807, 2.05) is 0 Å². The molecule has 0 bridgehead atoms. The Bertz CT molecular complexity index is 885. The van der Waals surface area contributed by atoms with Gasteiger partial charge in [-0.25, -0.2) is 0 Å². The average Bonchev–Trinajstić information content (AvgIpc) is 3.21. The summed E-state index contributed by atoms with van der Waals surface area (Å²) in [7, 11) is 0. The summed E-state index contributed by atoms with van der Waals surface area (Å²) in [4.78, 5) is 37.8. The zero-order chi connectivity index (χ0) is 41.5. The van der Waals surface area contributed by atoms with Gasteiger partial charge in [0.15, 0.2) is 6.10 Å². The summed E-state index contributed by atoms with van der Waals surface area (Å²) in [6.45, 7) is 6.64. The van der Waals surface area contributed by atoms with Crippen molar-refractivity contribution in [3.63, 3.8) is 0 Å². The molecule has 336 valence electrons. The highest BCUT2D eigenvalue weighted by atomic mass is 16.6. The molecule has 0 fully saturated rings. The fourth-order valence-corrected chi connectivity index (χ4v) is 7.44. The third-order valence-corrected chi connectivity index (χ3v) is 11.3. The van der Waals surface area contributed by atoms with Gasteiger partial charge in [0, 0.05) is 19.3 Å². The first-order valence-corrected chi connectivity index (χ1v) is 25.2. The van der Waals surface area contributed by atoms with Crippen LogP contribution < -0.4 is 0 Å². The van der Waals surface area contributed by atoms with Gasteiger partial charge in [-0.3, -0.25) is 14.4 Å². The number of allylic oxidation sites excluding steroid dienone is 2. The molecule has 0 spiro atoms. The Morgan fingerprint density at radius 3 is 0.877 bits per heavy atom. The van der Waals surface area contributed by atoms with Crippen LogP contribution in [-0.4, -0.2) is 37.2 Å². The first-order chi connectivity index (χ1) is 28.0. The summed E-state index contributed by atoms with van der Waals surface area (Å²) in [5.41, 5.74) is 0. The van der Waals surface area contributed by atoms with E-state index in [1.54, 1.807) is 0 Å². The van der Waals surface area contributed by atoms with E-state index in [-0.39, 0.29) is 31.1 Å². The van der Waals surface area contributed by atoms with Gasteiger partial charge in [-0.05, 0) is 44.9 Å². The van der Waals surface area contributed by atoms with Crippen LogP contribution in [0.1, 0.15) is 278 Å². The van der Waals surface area contributed by atoms with E-state index in [0.29, 0.717) is 19.3 Å². The zero-order valence-electron chi connectivity index (χ0n) is 38.4. The highest BCUT2D eigenvalue weighted by Gasteiger charge is 2.19. The molecule has 0 aliphatic carbocycles. The number of carbonyl (C=O) groups excluding carboxylic acids is 3. The molecule has 1 atom stereocenters. The lowest BCUT2D eigenvalue weighted by Gasteiger charge is -2.18. The van der Waals surface area contributed by atoms with Crippen LogP contribution in [0.3, 0.4) is 0 Å². The van der Waals surface area contributed by atoms with Gasteiger partial charge in [0.1, 0.15) is 13.2 Å². The Hall–Kier alpha value is -1.85. The van der Waals surface area contributed by atoms with Gasteiger partial charge in [0.2, 0.25) is 0 Å². The van der Waals surface area contributed by atoms with Crippen molar-refractivity contribution in [1.82, 2.24) is 0 Å². The number of hydrogen-bond donors (Lipinski definition) is 0. The summed E-state index contributed by atoms with van der Waals surface area (Å²) in [6.07, 6.45) is 50.4. The molecule has 0 N–H and O–H groups in total. The molecule has 57 heavy (non-hydrogen) atoms. The standard InChI is InChI=1S/C51H96O6/c1-4-7-10-13-16-19-22-24-25-27-30-32-35-38-41-44-50(53)56-47-48(57-51(54)45-42-39-36-33-28-21-18-15-12-9-6-3)46-55-49(52)43-40-37-34-31-29-26-23-20-17-14-11-8-5-2/h24-25,48H,4-23,26-47H2,1-3H3/t48-/m1/s1. The monoisotopic (exact) mass is 805 g/mol. The Balaban J connectivity index is 4.32. The highest BCUT2D eigenvalue weighted by molar-refractivity contribution is 5.71. The largest absolute Gasteiger partial charge is 0.462 e. The molecule has 0 radical (unpaired) electrons. The number of ether oxygens (including phenoxy) is 3. The maximum atomic E-state index is 12.7. The summed E-state index contributed by atoms with van der Waals surface area (Å²) in [5.74, 6) is -0.863. The van der Waals surface area contributed by atoms with Crippen molar-refractivity contribution in [1.29, 1.82) is 0 Å². The maximum Gasteiger partial charge on any atom is 0.306 e. The third-order valence-electron chi connectivity index (χ3n) is 11.3. The minimum absolute atomic E-state index is 0.0675. The minimum Gasteiger partial charge on any atom is -0.462 e. The fraction of sp³-hybridized carbons (Fsp3) is 0.902. The van der Waals surface area contributed by atoms with Crippen molar-refractivity contribution < 1.29 is 28.6 Å². The normalized spacial score (nSPS) is 12.0. The molecule has 6 nitrogen and oxygen atoms in total. The molecule has 0 aromatic rings. The summed E-state index contributed by atoms with van der Waals surface area (Å²) < 4.78 is 16.8. The molecule has 0 rings (SSSR count). The molecule has 0 aromatic carbocycles. The lowest BCUT2D eigenvalue weighted by molar-refractivity contribution is -0.167. The van der Waals surface area contributed by atoms with Crippen molar-refractivity contribution in [2.24, 2.45) is 0 Å². The van der Waals surface area contributed by atoms with E-state index in [4.69, 9.17) is 14.2 Å². The molecule has 0 aliphatic rings. The summed E-state index contributed by atoms with van der Waals surface area (Å²) in [6, 6.07) is 0. The van der Waals surface area contributed by atoms with Gasteiger partial charge >= 0.3 is 17.9 Å². The quantitative estimate of drug-likeness (QED) is 0.0264. The number of rotatable bonds is 46. The summed E-state index contributed by atoms with van der Waals surface area (Å²) in [5, 5.41) is 0. The minimum atomic E-state index is -0.765. The molecule has 0 aromatic heterocycles. The van der Waals surface area contributed by atoms with Crippen molar-refractivity contribution in [2.75, 3.05) is 13.2 Å². The van der Waals surface area contributed by atoms with Gasteiger partial charge < -0.3 is 14.2 Å². The average molecular weight is 805 g/mol. The van der Waals surface area contributed by atoms with Crippen LogP contribution in [0.15, 0.2) is 12.2 Å². The zero-order valence-corrected chi connectivity index (χ0v) is 38.4. The lowest BCUT2D eigenvalue weighted by Crippen LogP contribution is -2.30. The molecular formula is C51H96O6. The highest BCUT2D eigenvalue weighted by Crippen LogP contribution is 2.16. The van der Waals surface area contributed by atoms with Gasteiger partial charge in [0.05, 0.1) is 0 Å². The first-order valence-electron chi connectivity index (χ1n) is 25.2. The van der Waals surface area contributed by atoms with Crippen molar-refractivity contribution in [3.8, 4) is 0 Å². The number of hydrogen-bond acceptors (Lipinski definition) is 6. The van der Waals surface area contributed by atoms with Gasteiger partial charge in [-0.2, -0.15) is 0 Å².